The molecule has 0 aliphatic rings. The van der Waals surface area contributed by atoms with E-state index >= 15 is 0 Å². The van der Waals surface area contributed by atoms with Crippen LogP contribution >= 0.6 is 11.6 Å². The third-order valence-corrected chi connectivity index (χ3v) is 5.24. The molecule has 3 rings (SSSR count). The summed E-state index contributed by atoms with van der Waals surface area (Å²) in [5, 5.41) is 2.73. The van der Waals surface area contributed by atoms with E-state index in [-0.39, 0.29) is 22.0 Å². The second kappa shape index (κ2) is 7.76. The van der Waals surface area contributed by atoms with Gasteiger partial charge in [-0.25, -0.2) is 13.1 Å². The molecule has 2 aromatic carbocycles. The number of para-hydroxylation sites is 1. The van der Waals surface area contributed by atoms with E-state index in [4.69, 9.17) is 11.6 Å². The number of aromatic nitrogens is 2. The molecule has 0 saturated heterocycles. The minimum absolute atomic E-state index is 0.0363. The summed E-state index contributed by atoms with van der Waals surface area (Å²) in [6.07, 6.45) is 1.00. The predicted molar refractivity (Wildman–Crippen MR) is 114 cm³/mol. The summed E-state index contributed by atoms with van der Waals surface area (Å²) in [6.45, 7) is 1.71. The lowest BCUT2D eigenvalue weighted by Gasteiger charge is -2.09. The molecule has 0 bridgehead atoms. The zero-order valence-corrected chi connectivity index (χ0v) is 17.5. The zero-order valence-electron chi connectivity index (χ0n) is 15.9. The van der Waals surface area contributed by atoms with Gasteiger partial charge in [0, 0.05) is 12.7 Å². The first-order valence-corrected chi connectivity index (χ1v) is 10.8. The first-order chi connectivity index (χ1) is 13.6. The van der Waals surface area contributed by atoms with Gasteiger partial charge < -0.3 is 5.32 Å². The topological polar surface area (TPSA) is 102 Å². The number of benzene rings is 2. The predicted octanol–water partition coefficient (Wildman–Crippen LogP) is 2.76. The van der Waals surface area contributed by atoms with Crippen molar-refractivity contribution in [2.75, 3.05) is 16.3 Å². The molecule has 10 heteroatoms. The van der Waals surface area contributed by atoms with Gasteiger partial charge in [-0.3, -0.25) is 19.0 Å². The molecule has 0 spiro atoms. The van der Waals surface area contributed by atoms with E-state index in [0.717, 1.165) is 6.26 Å². The van der Waals surface area contributed by atoms with Gasteiger partial charge in [0.2, 0.25) is 10.0 Å². The maximum Gasteiger partial charge on any atom is 0.295 e. The molecular formula is C19H19ClN4O4S. The lowest BCUT2D eigenvalue weighted by atomic mass is 10.2. The highest BCUT2D eigenvalue weighted by Gasteiger charge is 2.20. The van der Waals surface area contributed by atoms with Crippen molar-refractivity contribution < 1.29 is 13.2 Å². The molecule has 8 nitrogen and oxygen atoms in total. The number of nitrogens with one attached hydrogen (secondary N) is 2. The van der Waals surface area contributed by atoms with Gasteiger partial charge in [-0.15, -0.1) is 0 Å². The van der Waals surface area contributed by atoms with Crippen molar-refractivity contribution in [1.29, 1.82) is 0 Å². The number of anilines is 2. The molecule has 0 fully saturated rings. The van der Waals surface area contributed by atoms with Gasteiger partial charge in [0.05, 0.1) is 28.2 Å². The highest BCUT2D eigenvalue weighted by Crippen LogP contribution is 2.23. The van der Waals surface area contributed by atoms with E-state index in [1.165, 1.54) is 22.9 Å². The molecule has 2 N–H and O–H groups in total. The second-order valence-electron chi connectivity index (χ2n) is 6.46. The van der Waals surface area contributed by atoms with Crippen molar-refractivity contribution in [3.05, 3.63) is 75.2 Å². The Hall–Kier alpha value is -3.04. The van der Waals surface area contributed by atoms with Gasteiger partial charge in [0.15, 0.2) is 0 Å². The van der Waals surface area contributed by atoms with Gasteiger partial charge >= 0.3 is 0 Å². The quantitative estimate of drug-likeness (QED) is 0.644. The van der Waals surface area contributed by atoms with E-state index in [1.54, 1.807) is 30.8 Å². The van der Waals surface area contributed by atoms with Crippen LogP contribution in [-0.4, -0.2) is 29.9 Å². The maximum absolute atomic E-state index is 12.9. The number of sulfonamides is 1. The van der Waals surface area contributed by atoms with Gasteiger partial charge in [-0.2, -0.15) is 0 Å². The average Bonchev–Trinajstić information content (AvgIpc) is 2.86. The molecule has 0 saturated carbocycles. The molecule has 1 aromatic heterocycles. The van der Waals surface area contributed by atoms with Crippen molar-refractivity contribution in [1.82, 2.24) is 9.36 Å². The summed E-state index contributed by atoms with van der Waals surface area (Å²) in [5.74, 6) is -0.627. The Balaban J connectivity index is 1.99. The summed E-state index contributed by atoms with van der Waals surface area (Å²) in [4.78, 5) is 25.7. The van der Waals surface area contributed by atoms with E-state index in [0.29, 0.717) is 11.4 Å². The largest absolute Gasteiger partial charge is 0.316 e. The van der Waals surface area contributed by atoms with Gasteiger partial charge in [0.25, 0.3) is 11.5 Å². The van der Waals surface area contributed by atoms with Crippen LogP contribution in [0, 0.1) is 6.92 Å². The van der Waals surface area contributed by atoms with E-state index in [1.807, 2.05) is 18.2 Å². The van der Waals surface area contributed by atoms with E-state index in [2.05, 4.69) is 10.0 Å². The average molecular weight is 435 g/mol. The third-order valence-electron chi connectivity index (χ3n) is 4.31. The normalized spacial score (nSPS) is 11.3. The second-order valence-corrected chi connectivity index (χ2v) is 8.62. The van der Waals surface area contributed by atoms with Crippen molar-refractivity contribution in [2.24, 2.45) is 7.05 Å². The number of amides is 1. The van der Waals surface area contributed by atoms with Gasteiger partial charge in [0.1, 0.15) is 5.69 Å². The Morgan fingerprint density at radius 2 is 1.76 bits per heavy atom. The minimum atomic E-state index is -3.52. The van der Waals surface area contributed by atoms with Gasteiger partial charge in [-0.1, -0.05) is 29.8 Å². The highest BCUT2D eigenvalue weighted by molar-refractivity contribution is 7.92. The van der Waals surface area contributed by atoms with Crippen molar-refractivity contribution >= 4 is 38.9 Å². The zero-order chi connectivity index (χ0) is 21.3. The van der Waals surface area contributed by atoms with E-state index < -0.39 is 21.5 Å². The number of nitrogens with zero attached hydrogens (tertiary/aromatic N) is 2. The minimum Gasteiger partial charge on any atom is -0.316 e. The molecule has 152 valence electrons. The van der Waals surface area contributed by atoms with Crippen LogP contribution in [0.2, 0.25) is 5.02 Å². The molecule has 0 atom stereocenters. The summed E-state index contributed by atoms with van der Waals surface area (Å²) < 4.78 is 28.2. The smallest absolute Gasteiger partial charge is 0.295 e. The summed E-state index contributed by atoms with van der Waals surface area (Å²) in [7, 11) is -1.81. The molecule has 0 aliphatic heterocycles. The molecule has 0 aliphatic carbocycles. The third kappa shape index (κ3) is 4.36. The van der Waals surface area contributed by atoms with Crippen molar-refractivity contribution in [3.63, 3.8) is 0 Å². The maximum atomic E-state index is 12.9. The van der Waals surface area contributed by atoms with Crippen LogP contribution < -0.4 is 15.6 Å². The van der Waals surface area contributed by atoms with Crippen molar-refractivity contribution in [3.8, 4) is 5.69 Å². The number of carbonyl (C=O) groups is 1. The Kier molecular flexibility index (Phi) is 5.54. The van der Waals surface area contributed by atoms with Crippen LogP contribution in [0.15, 0.2) is 53.3 Å². The monoisotopic (exact) mass is 434 g/mol. The van der Waals surface area contributed by atoms with Crippen LogP contribution in [-0.2, 0) is 17.1 Å². The molecular weight excluding hydrogens is 416 g/mol. The van der Waals surface area contributed by atoms with Crippen LogP contribution in [0.3, 0.4) is 0 Å². The number of rotatable bonds is 5. The molecule has 29 heavy (non-hydrogen) atoms. The Bertz CT molecular complexity index is 1250. The van der Waals surface area contributed by atoms with E-state index in [9.17, 15) is 18.0 Å². The van der Waals surface area contributed by atoms with Crippen molar-refractivity contribution in [2.45, 2.75) is 6.92 Å². The molecule has 0 radical (unpaired) electrons. The van der Waals surface area contributed by atoms with Crippen LogP contribution in [0.4, 0.5) is 11.4 Å². The SMILES string of the molecule is Cc1c(NC(=O)c2cc(NS(C)(=O)=O)ccc2Cl)c(=O)n(-c2ccccc2)n1C. The lowest BCUT2D eigenvalue weighted by Crippen LogP contribution is -2.23. The summed E-state index contributed by atoms with van der Waals surface area (Å²) >= 11 is 6.11. The summed E-state index contributed by atoms with van der Waals surface area (Å²) in [6, 6.07) is 13.2. The van der Waals surface area contributed by atoms with Crippen LogP contribution in [0.1, 0.15) is 16.1 Å². The molecule has 3 aromatic rings. The first-order valence-electron chi connectivity index (χ1n) is 8.51. The number of hydrogen-bond acceptors (Lipinski definition) is 4. The standard InChI is InChI=1S/C19H19ClN4O4S/c1-12-17(19(26)24(23(12)2)14-7-5-4-6-8-14)21-18(25)15-11-13(9-10-16(15)20)22-29(3,27)28/h4-11,22H,1-3H3,(H,21,25). The molecule has 0 unspecified atom stereocenters. The Morgan fingerprint density at radius 3 is 2.38 bits per heavy atom. The summed E-state index contributed by atoms with van der Waals surface area (Å²) in [5.41, 5.74) is 1.14. The molecule has 1 heterocycles. The molecule has 1 amide bonds. The fourth-order valence-electron chi connectivity index (χ4n) is 2.87. The number of hydrogen-bond donors (Lipinski definition) is 2. The highest BCUT2D eigenvalue weighted by atomic mass is 35.5. The Morgan fingerprint density at radius 1 is 1.10 bits per heavy atom. The first kappa shape index (κ1) is 20.7. The number of halogens is 1. The Labute approximate surface area is 172 Å². The van der Waals surface area contributed by atoms with Crippen LogP contribution in [0.25, 0.3) is 5.69 Å². The number of carbonyl (C=O) groups excluding carboxylic acids is 1. The van der Waals surface area contributed by atoms with Crippen LogP contribution in [0.5, 0.6) is 0 Å². The van der Waals surface area contributed by atoms with Gasteiger partial charge in [-0.05, 0) is 37.3 Å². The fourth-order valence-corrected chi connectivity index (χ4v) is 3.63. The lowest BCUT2D eigenvalue weighted by molar-refractivity contribution is 0.102. The fraction of sp³-hybridized carbons (Fsp3) is 0.158.